The molecule has 1 aromatic carbocycles. The highest BCUT2D eigenvalue weighted by Crippen LogP contribution is 2.54. The van der Waals surface area contributed by atoms with Gasteiger partial charge in [0, 0.05) is 17.8 Å². The Morgan fingerprint density at radius 3 is 2.65 bits per heavy atom. The molecule has 31 heavy (non-hydrogen) atoms. The molecule has 158 valence electrons. The molecular formula is C22H22N6O3. The Kier molecular flexibility index (Phi) is 3.78. The molecular weight excluding hydrogens is 396 g/mol. The molecule has 0 amide bonds. The van der Waals surface area contributed by atoms with E-state index in [1.54, 1.807) is 19.3 Å². The summed E-state index contributed by atoms with van der Waals surface area (Å²) in [6, 6.07) is 10.1. The van der Waals surface area contributed by atoms with Crippen molar-refractivity contribution < 1.29 is 14.5 Å². The van der Waals surface area contributed by atoms with Crippen LogP contribution in [0.2, 0.25) is 0 Å². The molecule has 4 aromatic rings. The maximum absolute atomic E-state index is 10.9. The van der Waals surface area contributed by atoms with E-state index in [4.69, 9.17) is 20.1 Å². The Morgan fingerprint density at radius 1 is 1.13 bits per heavy atom. The maximum atomic E-state index is 10.9. The van der Waals surface area contributed by atoms with Crippen molar-refractivity contribution in [3.8, 4) is 11.5 Å². The van der Waals surface area contributed by atoms with Gasteiger partial charge in [0.2, 0.25) is 0 Å². The summed E-state index contributed by atoms with van der Waals surface area (Å²) in [4.78, 5) is 8.93. The molecule has 0 radical (unpaired) electrons. The van der Waals surface area contributed by atoms with Gasteiger partial charge >= 0.3 is 0 Å². The van der Waals surface area contributed by atoms with Gasteiger partial charge in [0.1, 0.15) is 5.52 Å². The first-order chi connectivity index (χ1) is 15.0. The third-order valence-corrected chi connectivity index (χ3v) is 6.66. The van der Waals surface area contributed by atoms with E-state index in [1.165, 1.54) is 0 Å². The average molecular weight is 418 g/mol. The molecule has 6 rings (SSSR count). The summed E-state index contributed by atoms with van der Waals surface area (Å²) in [6.45, 7) is 1.72. The van der Waals surface area contributed by atoms with Crippen molar-refractivity contribution >= 4 is 16.9 Å². The minimum atomic E-state index is -1.28. The highest BCUT2D eigenvalue weighted by molar-refractivity contribution is 5.81. The summed E-state index contributed by atoms with van der Waals surface area (Å²) in [6.07, 6.45) is 6.74. The largest absolute Gasteiger partial charge is 0.379 e. The molecule has 1 aliphatic heterocycles. The number of hydrogen-bond donors (Lipinski definition) is 2. The van der Waals surface area contributed by atoms with Gasteiger partial charge in [0.15, 0.2) is 23.1 Å². The number of nitrogens with two attached hydrogens (primary N) is 1. The minimum Gasteiger partial charge on any atom is -0.379 e. The number of hydrogen-bond acceptors (Lipinski definition) is 8. The zero-order valence-corrected chi connectivity index (χ0v) is 17.0. The smallest absolute Gasteiger partial charge is 0.199 e. The average Bonchev–Trinajstić information content (AvgIpc) is 3.42. The van der Waals surface area contributed by atoms with Gasteiger partial charge in [0.05, 0.1) is 17.3 Å². The van der Waals surface area contributed by atoms with E-state index in [9.17, 15) is 5.11 Å². The summed E-state index contributed by atoms with van der Waals surface area (Å²) in [5.41, 5.74) is 9.61. The van der Waals surface area contributed by atoms with Gasteiger partial charge in [-0.2, -0.15) is 0 Å². The van der Waals surface area contributed by atoms with Gasteiger partial charge in [-0.3, -0.25) is 4.98 Å². The molecule has 1 aliphatic carbocycles. The Balaban J connectivity index is 1.39. The van der Waals surface area contributed by atoms with Crippen LogP contribution in [-0.2, 0) is 16.1 Å². The summed E-state index contributed by atoms with van der Waals surface area (Å²) in [7, 11) is 0. The lowest BCUT2D eigenvalue weighted by atomic mass is 9.77. The monoisotopic (exact) mass is 418 g/mol. The third kappa shape index (κ3) is 2.63. The Bertz CT molecular complexity index is 1290. The SMILES string of the molecule is CC1(O)OC2(CCC(n3c(-c4nonc4N)nc4cnccc43)CC2)c2ccccc21. The Labute approximate surface area is 177 Å². The van der Waals surface area contributed by atoms with Gasteiger partial charge in [-0.15, -0.1) is 0 Å². The van der Waals surface area contributed by atoms with Crippen LogP contribution >= 0.6 is 0 Å². The first kappa shape index (κ1) is 18.5. The Hall–Kier alpha value is -3.30. The fourth-order valence-corrected chi connectivity index (χ4v) is 5.31. The van der Waals surface area contributed by atoms with Crippen molar-refractivity contribution in [2.75, 3.05) is 5.73 Å². The van der Waals surface area contributed by atoms with E-state index < -0.39 is 11.4 Å². The molecule has 0 saturated heterocycles. The van der Waals surface area contributed by atoms with Crippen LogP contribution in [0, 0.1) is 0 Å². The van der Waals surface area contributed by atoms with Gasteiger partial charge < -0.3 is 20.1 Å². The number of ether oxygens (including phenoxy) is 1. The van der Waals surface area contributed by atoms with Crippen molar-refractivity contribution in [3.05, 3.63) is 53.9 Å². The molecule has 3 aromatic heterocycles. The highest BCUT2D eigenvalue weighted by Gasteiger charge is 2.51. The number of benzene rings is 1. The Morgan fingerprint density at radius 2 is 1.90 bits per heavy atom. The molecule has 4 heterocycles. The number of rotatable bonds is 2. The number of nitrogen functional groups attached to an aromatic ring is 1. The normalized spacial score (nSPS) is 27.7. The van der Waals surface area contributed by atoms with E-state index >= 15 is 0 Å². The van der Waals surface area contributed by atoms with E-state index in [2.05, 4.69) is 25.9 Å². The van der Waals surface area contributed by atoms with Crippen LogP contribution < -0.4 is 5.73 Å². The number of aliphatic hydroxyl groups is 1. The highest BCUT2D eigenvalue weighted by atomic mass is 16.6. The van der Waals surface area contributed by atoms with Gasteiger partial charge in [-0.05, 0) is 54.6 Å². The quantitative estimate of drug-likeness (QED) is 0.508. The molecule has 2 aliphatic rings. The molecule has 1 fully saturated rings. The second-order valence-corrected chi connectivity index (χ2v) is 8.52. The molecule has 9 nitrogen and oxygen atoms in total. The predicted octanol–water partition coefficient (Wildman–Crippen LogP) is 3.27. The maximum Gasteiger partial charge on any atom is 0.199 e. The van der Waals surface area contributed by atoms with Gasteiger partial charge in [-0.25, -0.2) is 9.61 Å². The molecule has 1 atom stereocenters. The fraction of sp³-hybridized carbons (Fsp3) is 0.364. The van der Waals surface area contributed by atoms with Crippen LogP contribution in [0.1, 0.15) is 49.8 Å². The second-order valence-electron chi connectivity index (χ2n) is 8.52. The lowest BCUT2D eigenvalue weighted by Gasteiger charge is -2.39. The zero-order valence-electron chi connectivity index (χ0n) is 17.0. The summed E-state index contributed by atoms with van der Waals surface area (Å²) >= 11 is 0. The van der Waals surface area contributed by atoms with E-state index in [-0.39, 0.29) is 11.9 Å². The lowest BCUT2D eigenvalue weighted by molar-refractivity contribution is -0.257. The van der Waals surface area contributed by atoms with Crippen molar-refractivity contribution in [2.24, 2.45) is 0 Å². The number of pyridine rings is 1. The lowest BCUT2D eigenvalue weighted by Crippen LogP contribution is -2.35. The topological polar surface area (TPSA) is 125 Å². The first-order valence-electron chi connectivity index (χ1n) is 10.4. The molecule has 0 bridgehead atoms. The molecule has 9 heteroatoms. The third-order valence-electron chi connectivity index (χ3n) is 6.66. The minimum absolute atomic E-state index is 0.158. The number of imidazole rings is 1. The van der Waals surface area contributed by atoms with Crippen LogP contribution in [0.15, 0.2) is 47.4 Å². The van der Waals surface area contributed by atoms with Crippen molar-refractivity contribution in [2.45, 2.75) is 50.0 Å². The van der Waals surface area contributed by atoms with Gasteiger partial charge in [0.25, 0.3) is 0 Å². The van der Waals surface area contributed by atoms with Crippen molar-refractivity contribution in [3.63, 3.8) is 0 Å². The predicted molar refractivity (Wildman–Crippen MR) is 112 cm³/mol. The number of anilines is 1. The fourth-order valence-electron chi connectivity index (χ4n) is 5.31. The van der Waals surface area contributed by atoms with Gasteiger partial charge in [-0.1, -0.05) is 24.3 Å². The van der Waals surface area contributed by atoms with E-state index in [0.717, 1.165) is 47.8 Å². The number of fused-ring (bicyclic) bond motifs is 3. The second kappa shape index (κ2) is 6.35. The van der Waals surface area contributed by atoms with E-state index in [0.29, 0.717) is 11.5 Å². The van der Waals surface area contributed by atoms with E-state index in [1.807, 2.05) is 24.3 Å². The van der Waals surface area contributed by atoms with Crippen LogP contribution in [-0.4, -0.2) is 30.0 Å². The number of aromatic nitrogens is 5. The molecule has 1 unspecified atom stereocenters. The first-order valence-corrected chi connectivity index (χ1v) is 10.4. The molecule has 1 saturated carbocycles. The summed E-state index contributed by atoms with van der Waals surface area (Å²) < 4.78 is 13.3. The molecule has 3 N–H and O–H groups in total. The standard InChI is InChI=1S/C22H22N6O3/c1-21(29)14-4-2-3-5-15(14)22(30-21)9-6-13(7-10-22)28-17-8-11-24-12-16(17)25-20(28)18-19(23)27-31-26-18/h2-5,8,11-13,29H,6-7,9-10H2,1H3,(H2,23,27). The summed E-state index contributed by atoms with van der Waals surface area (Å²) in [5.74, 6) is -0.439. The molecule has 1 spiro atoms. The van der Waals surface area contributed by atoms with Crippen molar-refractivity contribution in [1.29, 1.82) is 0 Å². The van der Waals surface area contributed by atoms with Crippen LogP contribution in [0.3, 0.4) is 0 Å². The van der Waals surface area contributed by atoms with Crippen LogP contribution in [0.4, 0.5) is 5.82 Å². The van der Waals surface area contributed by atoms with Crippen LogP contribution in [0.5, 0.6) is 0 Å². The van der Waals surface area contributed by atoms with Crippen LogP contribution in [0.25, 0.3) is 22.6 Å². The zero-order chi connectivity index (χ0) is 21.2. The number of nitrogens with zero attached hydrogens (tertiary/aromatic N) is 5. The summed E-state index contributed by atoms with van der Waals surface area (Å²) in [5, 5.41) is 18.6. The van der Waals surface area contributed by atoms with Crippen molar-refractivity contribution in [1.82, 2.24) is 24.8 Å².